The Kier molecular flexibility index (Phi) is 71.2. The second kappa shape index (κ2) is 72.6. The molecule has 0 aliphatic rings. The standard InChI is InChI=1S/C81H158O17P2/c1-7-9-11-13-15-17-19-20-21-22-23-27-34-40-46-52-58-64-79(84)92-70-77(97-80(85)65-59-53-47-41-35-28-25-24-26-32-37-43-49-55-61-73(3)4)72-96-100(89,90)94-68-75(82)67-93-99(87,88)95-71-76(69-91-78(83)63-57-51-45-39-31-18-16-14-12-10-8-2)98-81(86)66-60-54-48-42-36-30-29-33-38-44-50-56-62-74(5)6/h73-77,82H,7-72H2,1-6H3,(H,87,88)(H,89,90)/t75-,76+,77+/m0/s1. The molecule has 5 atom stereocenters. The van der Waals surface area contributed by atoms with Crippen molar-refractivity contribution < 1.29 is 80.2 Å². The van der Waals surface area contributed by atoms with Gasteiger partial charge in [0.1, 0.15) is 19.3 Å². The van der Waals surface area contributed by atoms with E-state index < -0.39 is 97.5 Å². The monoisotopic (exact) mass is 1470 g/mol. The molecule has 0 fully saturated rings. The number of unbranched alkanes of at least 4 members (excludes halogenated alkanes) is 50. The van der Waals surface area contributed by atoms with E-state index in [4.69, 9.17) is 37.0 Å². The number of aliphatic hydroxyl groups excluding tert-OH is 1. The Bertz CT molecular complexity index is 1920. The van der Waals surface area contributed by atoms with Crippen molar-refractivity contribution in [1.82, 2.24) is 0 Å². The van der Waals surface area contributed by atoms with E-state index in [1.165, 1.54) is 244 Å². The molecule has 0 rings (SSSR count). The molecule has 0 spiro atoms. The van der Waals surface area contributed by atoms with Crippen LogP contribution in [0.2, 0.25) is 0 Å². The summed E-state index contributed by atoms with van der Waals surface area (Å²) in [6, 6.07) is 0. The van der Waals surface area contributed by atoms with Crippen molar-refractivity contribution in [2.75, 3.05) is 39.6 Å². The van der Waals surface area contributed by atoms with Crippen LogP contribution in [0.25, 0.3) is 0 Å². The van der Waals surface area contributed by atoms with Gasteiger partial charge in [-0.3, -0.25) is 37.3 Å². The predicted octanol–water partition coefficient (Wildman–Crippen LogP) is 24.3. The van der Waals surface area contributed by atoms with Crippen molar-refractivity contribution in [3.8, 4) is 0 Å². The number of rotatable bonds is 80. The van der Waals surface area contributed by atoms with Gasteiger partial charge in [-0.2, -0.15) is 0 Å². The number of esters is 4. The van der Waals surface area contributed by atoms with Gasteiger partial charge in [-0.15, -0.1) is 0 Å². The van der Waals surface area contributed by atoms with Crippen molar-refractivity contribution in [2.24, 2.45) is 11.8 Å². The Labute approximate surface area is 613 Å². The van der Waals surface area contributed by atoms with Gasteiger partial charge in [0.2, 0.25) is 0 Å². The van der Waals surface area contributed by atoms with Gasteiger partial charge in [-0.05, 0) is 37.5 Å². The summed E-state index contributed by atoms with van der Waals surface area (Å²) in [5.41, 5.74) is 0. The van der Waals surface area contributed by atoms with Crippen molar-refractivity contribution in [3.63, 3.8) is 0 Å². The van der Waals surface area contributed by atoms with Crippen LogP contribution < -0.4 is 0 Å². The Hall–Kier alpha value is -1.94. The molecule has 3 N–H and O–H groups in total. The summed E-state index contributed by atoms with van der Waals surface area (Å²) in [4.78, 5) is 73.1. The highest BCUT2D eigenvalue weighted by Crippen LogP contribution is 2.45. The summed E-state index contributed by atoms with van der Waals surface area (Å²) in [5, 5.41) is 10.6. The maximum absolute atomic E-state index is 13.1. The molecule has 0 amide bonds. The minimum atomic E-state index is -4.96. The molecule has 594 valence electrons. The fourth-order valence-corrected chi connectivity index (χ4v) is 14.1. The molecule has 0 bridgehead atoms. The van der Waals surface area contributed by atoms with Crippen molar-refractivity contribution >= 4 is 39.5 Å². The van der Waals surface area contributed by atoms with E-state index in [-0.39, 0.29) is 25.7 Å². The number of phosphoric acid groups is 2. The molecule has 0 aromatic heterocycles. The molecular weight excluding hydrogens is 1310 g/mol. The van der Waals surface area contributed by atoms with E-state index in [0.29, 0.717) is 25.7 Å². The zero-order valence-electron chi connectivity index (χ0n) is 65.5. The Morgan fingerprint density at radius 3 is 0.680 bits per heavy atom. The molecule has 0 saturated heterocycles. The van der Waals surface area contributed by atoms with Crippen molar-refractivity contribution in [1.29, 1.82) is 0 Å². The average Bonchev–Trinajstić information content (AvgIpc) is 0.986. The molecule has 17 nitrogen and oxygen atoms in total. The number of hydrogen-bond donors (Lipinski definition) is 3. The average molecular weight is 1470 g/mol. The summed E-state index contributed by atoms with van der Waals surface area (Å²) in [7, 11) is -9.92. The third-order valence-corrected chi connectivity index (χ3v) is 20.9. The van der Waals surface area contributed by atoms with Gasteiger partial charge in [-0.25, -0.2) is 9.13 Å². The summed E-state index contributed by atoms with van der Waals surface area (Å²) in [5.74, 6) is -0.535. The molecule has 19 heteroatoms. The van der Waals surface area contributed by atoms with Gasteiger partial charge in [0.25, 0.3) is 0 Å². The summed E-state index contributed by atoms with van der Waals surface area (Å²) >= 11 is 0. The fraction of sp³-hybridized carbons (Fsp3) is 0.951. The number of ether oxygens (including phenoxy) is 4. The lowest BCUT2D eigenvalue weighted by Gasteiger charge is -2.21. The van der Waals surface area contributed by atoms with Gasteiger partial charge in [0.15, 0.2) is 12.2 Å². The molecule has 0 aliphatic heterocycles. The molecule has 0 radical (unpaired) electrons. The first-order chi connectivity index (χ1) is 48.4. The molecule has 0 aliphatic carbocycles. The highest BCUT2D eigenvalue weighted by atomic mass is 31.2. The molecule has 0 saturated carbocycles. The van der Waals surface area contributed by atoms with E-state index in [1.807, 2.05) is 0 Å². The third-order valence-electron chi connectivity index (χ3n) is 19.0. The third kappa shape index (κ3) is 74.3. The zero-order valence-corrected chi connectivity index (χ0v) is 67.3. The van der Waals surface area contributed by atoms with E-state index in [1.54, 1.807) is 0 Å². The first kappa shape index (κ1) is 98.1. The van der Waals surface area contributed by atoms with Gasteiger partial charge in [-0.1, -0.05) is 375 Å². The van der Waals surface area contributed by atoms with Crippen LogP contribution in [-0.2, 0) is 65.4 Å². The predicted molar refractivity (Wildman–Crippen MR) is 409 cm³/mol. The van der Waals surface area contributed by atoms with E-state index >= 15 is 0 Å². The molecule has 0 aromatic carbocycles. The van der Waals surface area contributed by atoms with E-state index in [2.05, 4.69) is 41.5 Å². The van der Waals surface area contributed by atoms with Crippen LogP contribution in [0, 0.1) is 11.8 Å². The number of carbonyl (C=O) groups excluding carboxylic acids is 4. The summed E-state index contributed by atoms with van der Waals surface area (Å²) in [6.07, 6.45) is 62.3. The minimum Gasteiger partial charge on any atom is -0.462 e. The number of carbonyl (C=O) groups is 4. The summed E-state index contributed by atoms with van der Waals surface area (Å²) < 4.78 is 68.7. The Morgan fingerprint density at radius 2 is 0.460 bits per heavy atom. The second-order valence-electron chi connectivity index (χ2n) is 30.1. The van der Waals surface area contributed by atoms with Gasteiger partial charge >= 0.3 is 39.5 Å². The lowest BCUT2D eigenvalue weighted by atomic mass is 10.0. The van der Waals surface area contributed by atoms with Crippen LogP contribution in [0.1, 0.15) is 427 Å². The van der Waals surface area contributed by atoms with Crippen LogP contribution in [0.5, 0.6) is 0 Å². The van der Waals surface area contributed by atoms with Gasteiger partial charge in [0, 0.05) is 25.7 Å². The minimum absolute atomic E-state index is 0.107. The number of aliphatic hydroxyl groups is 1. The smallest absolute Gasteiger partial charge is 0.462 e. The van der Waals surface area contributed by atoms with Gasteiger partial charge in [0.05, 0.1) is 26.4 Å². The SMILES string of the molecule is CCCCCCCCCCCCCCCCCCCC(=O)OC[C@H](COP(=O)(O)OC[C@@H](O)COP(=O)(O)OC[C@@H](COC(=O)CCCCCCCCCCCCC)OC(=O)CCCCCCCCCCCCCCC(C)C)OC(=O)CCCCCCCCCCCCCCCCC(C)C. The normalized spacial score (nSPS) is 13.9. The number of hydrogen-bond acceptors (Lipinski definition) is 15. The van der Waals surface area contributed by atoms with E-state index in [0.717, 1.165) is 102 Å². The maximum atomic E-state index is 13.1. The lowest BCUT2D eigenvalue weighted by molar-refractivity contribution is -0.161. The summed E-state index contributed by atoms with van der Waals surface area (Å²) in [6.45, 7) is 9.67. The fourth-order valence-electron chi connectivity index (χ4n) is 12.5. The Balaban J connectivity index is 5.25. The molecular formula is C81H158O17P2. The topological polar surface area (TPSA) is 237 Å². The second-order valence-corrected chi connectivity index (χ2v) is 33.0. The van der Waals surface area contributed by atoms with Crippen molar-refractivity contribution in [2.45, 2.75) is 445 Å². The van der Waals surface area contributed by atoms with Crippen LogP contribution in [0.15, 0.2) is 0 Å². The quantitative estimate of drug-likeness (QED) is 0.0222. The molecule has 2 unspecified atom stereocenters. The van der Waals surface area contributed by atoms with Crippen LogP contribution in [-0.4, -0.2) is 96.7 Å². The first-order valence-corrected chi connectivity index (χ1v) is 45.0. The highest BCUT2D eigenvalue weighted by molar-refractivity contribution is 7.47. The molecule has 100 heavy (non-hydrogen) atoms. The van der Waals surface area contributed by atoms with E-state index in [9.17, 15) is 43.2 Å². The number of phosphoric ester groups is 2. The Morgan fingerprint density at radius 1 is 0.270 bits per heavy atom. The molecule has 0 heterocycles. The zero-order chi connectivity index (χ0) is 73.5. The maximum Gasteiger partial charge on any atom is 0.472 e. The molecule has 0 aromatic rings. The van der Waals surface area contributed by atoms with Crippen LogP contribution in [0.4, 0.5) is 0 Å². The van der Waals surface area contributed by atoms with Gasteiger partial charge < -0.3 is 33.8 Å². The lowest BCUT2D eigenvalue weighted by Crippen LogP contribution is -2.30. The highest BCUT2D eigenvalue weighted by Gasteiger charge is 2.30. The largest absolute Gasteiger partial charge is 0.472 e. The van der Waals surface area contributed by atoms with Crippen LogP contribution >= 0.6 is 15.6 Å². The van der Waals surface area contributed by atoms with Crippen LogP contribution in [0.3, 0.4) is 0 Å². The first-order valence-electron chi connectivity index (χ1n) is 42.0. The van der Waals surface area contributed by atoms with Crippen molar-refractivity contribution in [3.05, 3.63) is 0 Å².